The molecule has 0 atom stereocenters. The van der Waals surface area contributed by atoms with E-state index in [0.717, 1.165) is 21.2 Å². The number of halogens is 2. The molecule has 1 aliphatic heterocycles. The van der Waals surface area contributed by atoms with Crippen LogP contribution in [0.2, 0.25) is 5.02 Å². The van der Waals surface area contributed by atoms with Gasteiger partial charge in [0.1, 0.15) is 19.0 Å². The smallest absolute Gasteiger partial charge is 0.294 e. The van der Waals surface area contributed by atoms with Gasteiger partial charge in [-0.3, -0.25) is 19.3 Å². The number of fused-ring (bicyclic) bond motifs is 1. The van der Waals surface area contributed by atoms with Gasteiger partial charge >= 0.3 is 0 Å². The first-order valence-electron chi connectivity index (χ1n) is 12.1. The molecule has 7 nitrogen and oxygen atoms in total. The maximum Gasteiger partial charge on any atom is 0.294 e. The number of methoxy groups -OCH3 is 1. The number of amides is 3. The van der Waals surface area contributed by atoms with Crippen molar-refractivity contribution >= 4 is 63.0 Å². The highest BCUT2D eigenvalue weighted by atomic mass is 35.5. The highest BCUT2D eigenvalue weighted by molar-refractivity contribution is 8.18. The SMILES string of the molecule is COc1cc(/C=C2\SC(=O)N(CC(=O)Nc3ccccc3F)C2=O)cc(Cl)c1OCc1ccc2ccccc2c1. The van der Waals surface area contributed by atoms with Crippen LogP contribution in [0.15, 0.2) is 83.8 Å². The van der Waals surface area contributed by atoms with Gasteiger partial charge in [0.25, 0.3) is 11.1 Å². The van der Waals surface area contributed by atoms with Gasteiger partial charge < -0.3 is 14.8 Å². The molecule has 0 bridgehead atoms. The van der Waals surface area contributed by atoms with Crippen LogP contribution in [0.4, 0.5) is 14.9 Å². The van der Waals surface area contributed by atoms with Crippen LogP contribution in [0, 0.1) is 5.82 Å². The minimum atomic E-state index is -0.703. The molecule has 0 unspecified atom stereocenters. The number of para-hydroxylation sites is 1. The number of imide groups is 1. The van der Waals surface area contributed by atoms with Crippen LogP contribution in [0.3, 0.4) is 0 Å². The molecule has 0 spiro atoms. The fourth-order valence-electron chi connectivity index (χ4n) is 4.13. The van der Waals surface area contributed by atoms with Crippen LogP contribution in [-0.2, 0) is 16.2 Å². The monoisotopic (exact) mass is 576 g/mol. The number of rotatable bonds is 8. The third-order valence-electron chi connectivity index (χ3n) is 6.07. The Kier molecular flexibility index (Phi) is 8.04. The summed E-state index contributed by atoms with van der Waals surface area (Å²) in [4.78, 5) is 38.7. The summed E-state index contributed by atoms with van der Waals surface area (Å²) in [5, 5.41) is 4.23. The third-order valence-corrected chi connectivity index (χ3v) is 7.26. The van der Waals surface area contributed by atoms with Crippen LogP contribution in [0.1, 0.15) is 11.1 Å². The predicted molar refractivity (Wildman–Crippen MR) is 154 cm³/mol. The van der Waals surface area contributed by atoms with Crippen molar-refractivity contribution in [2.45, 2.75) is 6.61 Å². The Morgan fingerprint density at radius 1 is 1.02 bits per heavy atom. The van der Waals surface area contributed by atoms with E-state index in [-0.39, 0.29) is 22.2 Å². The second-order valence-electron chi connectivity index (χ2n) is 8.80. The van der Waals surface area contributed by atoms with Crippen molar-refractivity contribution in [3.05, 3.63) is 106 Å². The van der Waals surface area contributed by atoms with E-state index < -0.39 is 29.4 Å². The van der Waals surface area contributed by atoms with Gasteiger partial charge in [0.2, 0.25) is 5.91 Å². The maximum absolute atomic E-state index is 13.8. The van der Waals surface area contributed by atoms with Gasteiger partial charge in [0.15, 0.2) is 11.5 Å². The minimum Gasteiger partial charge on any atom is -0.493 e. The van der Waals surface area contributed by atoms with Crippen molar-refractivity contribution in [3.63, 3.8) is 0 Å². The standard InChI is InChI=1S/C30H22ClFN2O5S/c1-38-25-14-19(13-22(31)28(25)39-17-18-10-11-20-6-2-3-7-21(20)12-18)15-26-29(36)34(30(37)40-26)16-27(35)33-24-9-5-4-8-23(24)32/h2-15H,16-17H2,1H3,(H,33,35)/b26-15-. The molecule has 1 saturated heterocycles. The van der Waals surface area contributed by atoms with Gasteiger partial charge in [-0.25, -0.2) is 4.39 Å². The van der Waals surface area contributed by atoms with Crippen LogP contribution < -0.4 is 14.8 Å². The largest absolute Gasteiger partial charge is 0.493 e. The molecule has 1 fully saturated rings. The van der Waals surface area contributed by atoms with Crippen molar-refractivity contribution in [3.8, 4) is 11.5 Å². The summed E-state index contributed by atoms with van der Waals surface area (Å²) in [6.45, 7) is -0.296. The van der Waals surface area contributed by atoms with Gasteiger partial charge in [-0.05, 0) is 70.1 Å². The molecule has 3 amide bonds. The summed E-state index contributed by atoms with van der Waals surface area (Å²) >= 11 is 7.21. The van der Waals surface area contributed by atoms with Gasteiger partial charge in [0.05, 0.1) is 22.7 Å². The number of thioether (sulfide) groups is 1. The van der Waals surface area contributed by atoms with Crippen molar-refractivity contribution in [2.75, 3.05) is 19.0 Å². The highest BCUT2D eigenvalue weighted by Gasteiger charge is 2.36. The number of hydrogen-bond donors (Lipinski definition) is 1. The molecule has 5 rings (SSSR count). The Labute approximate surface area is 238 Å². The molecule has 202 valence electrons. The molecule has 1 heterocycles. The summed E-state index contributed by atoms with van der Waals surface area (Å²) in [6, 6.07) is 22.9. The molecule has 10 heteroatoms. The van der Waals surface area contributed by atoms with Gasteiger partial charge in [-0.1, -0.05) is 60.1 Å². The molecule has 4 aromatic rings. The molecule has 0 aliphatic carbocycles. The van der Waals surface area contributed by atoms with E-state index in [1.807, 2.05) is 42.5 Å². The molecule has 0 saturated carbocycles. The fourth-order valence-corrected chi connectivity index (χ4v) is 5.24. The third kappa shape index (κ3) is 5.95. The lowest BCUT2D eigenvalue weighted by Crippen LogP contribution is -2.36. The Morgan fingerprint density at radius 3 is 2.55 bits per heavy atom. The lowest BCUT2D eigenvalue weighted by molar-refractivity contribution is -0.127. The first kappa shape index (κ1) is 27.2. The lowest BCUT2D eigenvalue weighted by atomic mass is 10.1. The lowest BCUT2D eigenvalue weighted by Gasteiger charge is -2.14. The highest BCUT2D eigenvalue weighted by Crippen LogP contribution is 2.39. The van der Waals surface area contributed by atoms with Crippen molar-refractivity contribution < 1.29 is 28.2 Å². The zero-order valence-corrected chi connectivity index (χ0v) is 22.7. The van der Waals surface area contributed by atoms with E-state index >= 15 is 0 Å². The molecule has 1 N–H and O–H groups in total. The summed E-state index contributed by atoms with van der Waals surface area (Å²) in [7, 11) is 1.47. The number of hydrogen-bond acceptors (Lipinski definition) is 6. The minimum absolute atomic E-state index is 0.0420. The Bertz CT molecular complexity index is 1680. The molecular formula is C30H22ClFN2O5S. The van der Waals surface area contributed by atoms with E-state index in [4.69, 9.17) is 21.1 Å². The average Bonchev–Trinajstić information content (AvgIpc) is 3.20. The first-order chi connectivity index (χ1) is 19.3. The van der Waals surface area contributed by atoms with Gasteiger partial charge in [-0.15, -0.1) is 0 Å². The van der Waals surface area contributed by atoms with E-state index in [1.165, 1.54) is 31.4 Å². The zero-order valence-electron chi connectivity index (χ0n) is 21.1. The molecule has 0 aromatic heterocycles. The molecule has 4 aromatic carbocycles. The predicted octanol–water partition coefficient (Wildman–Crippen LogP) is 6.89. The zero-order chi connectivity index (χ0) is 28.2. The van der Waals surface area contributed by atoms with Crippen LogP contribution >= 0.6 is 23.4 Å². The van der Waals surface area contributed by atoms with E-state index in [2.05, 4.69) is 5.32 Å². The Balaban J connectivity index is 1.29. The number of ether oxygens (including phenoxy) is 2. The number of carbonyl (C=O) groups is 3. The van der Waals surface area contributed by atoms with Crippen LogP contribution in [0.5, 0.6) is 11.5 Å². The Hall–Kier alpha value is -4.34. The first-order valence-corrected chi connectivity index (χ1v) is 13.3. The quantitative estimate of drug-likeness (QED) is 0.230. The van der Waals surface area contributed by atoms with Crippen molar-refractivity contribution in [2.24, 2.45) is 0 Å². The van der Waals surface area contributed by atoms with E-state index in [1.54, 1.807) is 18.2 Å². The average molecular weight is 577 g/mol. The van der Waals surface area contributed by atoms with Gasteiger partial charge in [0, 0.05) is 0 Å². The number of nitrogens with one attached hydrogen (secondary N) is 1. The van der Waals surface area contributed by atoms with Crippen molar-refractivity contribution in [1.29, 1.82) is 0 Å². The summed E-state index contributed by atoms with van der Waals surface area (Å²) in [5.74, 6) is -1.28. The van der Waals surface area contributed by atoms with Crippen molar-refractivity contribution in [1.82, 2.24) is 4.90 Å². The number of benzene rings is 4. The van der Waals surface area contributed by atoms with Gasteiger partial charge in [-0.2, -0.15) is 0 Å². The second-order valence-corrected chi connectivity index (χ2v) is 10.2. The maximum atomic E-state index is 13.8. The van der Waals surface area contributed by atoms with E-state index in [0.29, 0.717) is 28.8 Å². The topological polar surface area (TPSA) is 84.9 Å². The fraction of sp³-hybridized carbons (Fsp3) is 0.100. The molecule has 1 aliphatic rings. The summed E-state index contributed by atoms with van der Waals surface area (Å²) in [6.07, 6.45) is 1.49. The van der Waals surface area contributed by atoms with Crippen LogP contribution in [0.25, 0.3) is 16.8 Å². The molecule has 0 radical (unpaired) electrons. The molecular weight excluding hydrogens is 555 g/mol. The Morgan fingerprint density at radius 2 is 1.77 bits per heavy atom. The second kappa shape index (κ2) is 11.8. The molecule has 40 heavy (non-hydrogen) atoms. The summed E-state index contributed by atoms with van der Waals surface area (Å²) < 4.78 is 25.3. The summed E-state index contributed by atoms with van der Waals surface area (Å²) in [5.41, 5.74) is 1.41. The number of anilines is 1. The van der Waals surface area contributed by atoms with Crippen LogP contribution in [-0.4, -0.2) is 35.6 Å². The number of carbonyl (C=O) groups excluding carboxylic acids is 3. The number of nitrogens with zero attached hydrogens (tertiary/aromatic N) is 1. The normalized spacial score (nSPS) is 14.2. The van der Waals surface area contributed by atoms with E-state index in [9.17, 15) is 18.8 Å².